The Morgan fingerprint density at radius 3 is 2.54 bits per heavy atom. The van der Waals surface area contributed by atoms with Crippen molar-refractivity contribution in [2.75, 3.05) is 20.2 Å². The van der Waals surface area contributed by atoms with E-state index in [4.69, 9.17) is 4.74 Å². The summed E-state index contributed by atoms with van der Waals surface area (Å²) in [5.41, 5.74) is 2.09. The standard InChI is InChI=1S/C22H26N2O4/c1-28-19-11-9-17(10-12-19)20(14-16-6-3-2-4-7-16)23-22(27)24-13-5-8-18(15-24)21(25)26/h2-4,6-7,9-12,18,20H,5,8,13-15H2,1H3,(H,23,27)(H,25,26). The average Bonchev–Trinajstić information content (AvgIpc) is 2.74. The van der Waals surface area contributed by atoms with Gasteiger partial charge in [0.05, 0.1) is 19.1 Å². The van der Waals surface area contributed by atoms with Gasteiger partial charge in [-0.3, -0.25) is 4.79 Å². The summed E-state index contributed by atoms with van der Waals surface area (Å²) in [4.78, 5) is 25.8. The number of rotatable bonds is 6. The fourth-order valence-corrected chi connectivity index (χ4v) is 3.54. The number of ether oxygens (including phenoxy) is 1. The number of carboxylic acids is 1. The van der Waals surface area contributed by atoms with Crippen LogP contribution in [-0.4, -0.2) is 42.2 Å². The van der Waals surface area contributed by atoms with E-state index >= 15 is 0 Å². The highest BCUT2D eigenvalue weighted by Gasteiger charge is 2.29. The summed E-state index contributed by atoms with van der Waals surface area (Å²) >= 11 is 0. The Morgan fingerprint density at radius 2 is 1.89 bits per heavy atom. The highest BCUT2D eigenvalue weighted by Crippen LogP contribution is 2.23. The van der Waals surface area contributed by atoms with E-state index in [0.29, 0.717) is 25.8 Å². The van der Waals surface area contributed by atoms with Crippen LogP contribution in [-0.2, 0) is 11.2 Å². The SMILES string of the molecule is COc1ccc(C(Cc2ccccc2)NC(=O)N2CCCC(C(=O)O)C2)cc1. The first-order chi connectivity index (χ1) is 13.6. The summed E-state index contributed by atoms with van der Waals surface area (Å²) in [7, 11) is 1.62. The molecule has 2 aromatic carbocycles. The predicted molar refractivity (Wildman–Crippen MR) is 106 cm³/mol. The number of nitrogens with zero attached hydrogens (tertiary/aromatic N) is 1. The molecule has 1 fully saturated rings. The number of hydrogen-bond donors (Lipinski definition) is 2. The van der Waals surface area contributed by atoms with E-state index < -0.39 is 11.9 Å². The number of carbonyl (C=O) groups excluding carboxylic acids is 1. The van der Waals surface area contributed by atoms with Crippen LogP contribution in [0.15, 0.2) is 54.6 Å². The molecular weight excluding hydrogens is 356 g/mol. The van der Waals surface area contributed by atoms with Crippen LogP contribution in [0.2, 0.25) is 0 Å². The number of carboxylic acid groups (broad SMARTS) is 1. The molecular formula is C22H26N2O4. The minimum absolute atomic E-state index is 0.217. The molecule has 1 aliphatic rings. The molecule has 2 unspecified atom stereocenters. The molecule has 6 nitrogen and oxygen atoms in total. The van der Waals surface area contributed by atoms with Crippen LogP contribution in [0.4, 0.5) is 4.79 Å². The molecule has 1 heterocycles. The zero-order valence-electron chi connectivity index (χ0n) is 16.0. The van der Waals surface area contributed by atoms with Gasteiger partial charge in [0.2, 0.25) is 0 Å². The lowest BCUT2D eigenvalue weighted by Gasteiger charge is -2.32. The second-order valence-corrected chi connectivity index (χ2v) is 7.09. The van der Waals surface area contributed by atoms with Crippen molar-refractivity contribution >= 4 is 12.0 Å². The number of likely N-dealkylation sites (tertiary alicyclic amines) is 1. The highest BCUT2D eigenvalue weighted by atomic mass is 16.5. The topological polar surface area (TPSA) is 78.9 Å². The van der Waals surface area contributed by atoms with Gasteiger partial charge in [-0.25, -0.2) is 4.79 Å². The number of piperidine rings is 1. The van der Waals surface area contributed by atoms with Crippen molar-refractivity contribution < 1.29 is 19.4 Å². The summed E-state index contributed by atoms with van der Waals surface area (Å²) in [5, 5.41) is 12.4. The Balaban J connectivity index is 1.75. The van der Waals surface area contributed by atoms with Gasteiger partial charge in [-0.1, -0.05) is 42.5 Å². The molecule has 28 heavy (non-hydrogen) atoms. The fraction of sp³-hybridized carbons (Fsp3) is 0.364. The van der Waals surface area contributed by atoms with E-state index in [2.05, 4.69) is 5.32 Å². The van der Waals surface area contributed by atoms with Crippen molar-refractivity contribution in [2.24, 2.45) is 5.92 Å². The first kappa shape index (κ1) is 19.7. The molecule has 0 bridgehead atoms. The van der Waals surface area contributed by atoms with E-state index in [1.165, 1.54) is 0 Å². The molecule has 148 valence electrons. The Morgan fingerprint density at radius 1 is 1.18 bits per heavy atom. The third-order valence-electron chi connectivity index (χ3n) is 5.16. The van der Waals surface area contributed by atoms with Gasteiger partial charge in [0, 0.05) is 13.1 Å². The summed E-state index contributed by atoms with van der Waals surface area (Å²) in [6.45, 7) is 0.831. The van der Waals surface area contributed by atoms with E-state index in [1.807, 2.05) is 54.6 Å². The molecule has 3 rings (SSSR count). The van der Waals surface area contributed by atoms with E-state index in [0.717, 1.165) is 16.9 Å². The number of aliphatic carboxylic acids is 1. The maximum Gasteiger partial charge on any atom is 0.317 e. The molecule has 0 spiro atoms. The molecule has 1 aliphatic heterocycles. The Hall–Kier alpha value is -3.02. The van der Waals surface area contributed by atoms with Crippen molar-refractivity contribution in [1.29, 1.82) is 0 Å². The molecule has 2 aromatic rings. The number of nitrogens with one attached hydrogen (secondary N) is 1. The van der Waals surface area contributed by atoms with Gasteiger partial charge in [-0.2, -0.15) is 0 Å². The molecule has 2 amide bonds. The number of hydrogen-bond acceptors (Lipinski definition) is 3. The van der Waals surface area contributed by atoms with Crippen molar-refractivity contribution in [2.45, 2.75) is 25.3 Å². The second kappa shape index (κ2) is 9.26. The summed E-state index contributed by atoms with van der Waals surface area (Å²) in [6, 6.07) is 17.2. The molecule has 0 aromatic heterocycles. The third kappa shape index (κ3) is 5.03. The zero-order chi connectivity index (χ0) is 19.9. The van der Waals surface area contributed by atoms with Crippen LogP contribution in [0.5, 0.6) is 5.75 Å². The minimum atomic E-state index is -0.839. The average molecular weight is 382 g/mol. The summed E-state index contributed by atoms with van der Waals surface area (Å²) < 4.78 is 5.23. The first-order valence-corrected chi connectivity index (χ1v) is 9.53. The number of methoxy groups -OCH3 is 1. The van der Waals surface area contributed by atoms with Crippen LogP contribution in [0.25, 0.3) is 0 Å². The second-order valence-electron chi connectivity index (χ2n) is 7.09. The van der Waals surface area contributed by atoms with Crippen molar-refractivity contribution in [3.63, 3.8) is 0 Å². The molecule has 0 aliphatic carbocycles. The summed E-state index contributed by atoms with van der Waals surface area (Å²) in [5.74, 6) is -0.574. The smallest absolute Gasteiger partial charge is 0.317 e. The van der Waals surface area contributed by atoms with Gasteiger partial charge in [0.15, 0.2) is 0 Å². The van der Waals surface area contributed by atoms with Crippen LogP contribution < -0.4 is 10.1 Å². The molecule has 1 saturated heterocycles. The quantitative estimate of drug-likeness (QED) is 0.802. The van der Waals surface area contributed by atoms with E-state index in [-0.39, 0.29) is 18.6 Å². The lowest BCUT2D eigenvalue weighted by Crippen LogP contribution is -2.48. The maximum atomic E-state index is 12.9. The summed E-state index contributed by atoms with van der Waals surface area (Å²) in [6.07, 6.45) is 1.97. The number of carbonyl (C=O) groups is 2. The minimum Gasteiger partial charge on any atom is -0.497 e. The lowest BCUT2D eigenvalue weighted by molar-refractivity contribution is -0.143. The van der Waals surface area contributed by atoms with Crippen LogP contribution >= 0.6 is 0 Å². The Bertz CT molecular complexity index is 792. The van der Waals surface area contributed by atoms with E-state index in [9.17, 15) is 14.7 Å². The van der Waals surface area contributed by atoms with Crippen molar-refractivity contribution in [1.82, 2.24) is 10.2 Å². The van der Waals surface area contributed by atoms with Gasteiger partial charge >= 0.3 is 12.0 Å². The van der Waals surface area contributed by atoms with Crippen molar-refractivity contribution in [3.05, 3.63) is 65.7 Å². The van der Waals surface area contributed by atoms with Crippen LogP contribution in [0.3, 0.4) is 0 Å². The predicted octanol–water partition coefficient (Wildman–Crippen LogP) is 3.49. The van der Waals surface area contributed by atoms with Gasteiger partial charge in [0.1, 0.15) is 5.75 Å². The molecule has 2 atom stereocenters. The largest absolute Gasteiger partial charge is 0.497 e. The van der Waals surface area contributed by atoms with Crippen LogP contribution in [0.1, 0.15) is 30.0 Å². The van der Waals surface area contributed by atoms with E-state index in [1.54, 1.807) is 12.0 Å². The number of urea groups is 1. The fourth-order valence-electron chi connectivity index (χ4n) is 3.54. The number of amides is 2. The normalized spacial score (nSPS) is 17.6. The molecule has 2 N–H and O–H groups in total. The van der Waals surface area contributed by atoms with Gasteiger partial charge in [-0.05, 0) is 42.5 Å². The Kier molecular flexibility index (Phi) is 6.53. The zero-order valence-corrected chi connectivity index (χ0v) is 16.0. The number of benzene rings is 2. The first-order valence-electron chi connectivity index (χ1n) is 9.53. The van der Waals surface area contributed by atoms with Gasteiger partial charge in [0.25, 0.3) is 0 Å². The molecule has 0 saturated carbocycles. The molecule has 6 heteroatoms. The van der Waals surface area contributed by atoms with Gasteiger partial charge in [-0.15, -0.1) is 0 Å². The monoisotopic (exact) mass is 382 g/mol. The third-order valence-corrected chi connectivity index (χ3v) is 5.16. The Labute approximate surface area is 165 Å². The van der Waals surface area contributed by atoms with Crippen LogP contribution in [0, 0.1) is 5.92 Å². The van der Waals surface area contributed by atoms with Gasteiger partial charge < -0.3 is 20.1 Å². The maximum absolute atomic E-state index is 12.9. The molecule has 0 radical (unpaired) electrons. The lowest BCUT2D eigenvalue weighted by atomic mass is 9.97. The van der Waals surface area contributed by atoms with Crippen molar-refractivity contribution in [3.8, 4) is 5.75 Å². The highest BCUT2D eigenvalue weighted by molar-refractivity contribution is 5.77.